The fourth-order valence-corrected chi connectivity index (χ4v) is 5.02. The van der Waals surface area contributed by atoms with Gasteiger partial charge in [0.2, 0.25) is 21.8 Å². The van der Waals surface area contributed by atoms with Gasteiger partial charge in [-0.25, -0.2) is 8.42 Å². The first kappa shape index (κ1) is 30.2. The van der Waals surface area contributed by atoms with Gasteiger partial charge in [0.1, 0.15) is 18.3 Å². The Morgan fingerprint density at radius 2 is 1.68 bits per heavy atom. The van der Waals surface area contributed by atoms with Crippen molar-refractivity contribution >= 4 is 27.5 Å². The number of carbonyl (C=O) groups excluding carboxylic acids is 2. The third-order valence-corrected chi connectivity index (χ3v) is 7.36. The number of amides is 2. The average Bonchev–Trinajstić information content (AvgIpc) is 2.86. The molecule has 0 aromatic heterocycles. The lowest BCUT2D eigenvalue weighted by Gasteiger charge is -2.33. The Kier molecular flexibility index (Phi) is 11.4. The molecule has 0 fully saturated rings. The summed E-state index contributed by atoms with van der Waals surface area (Å²) < 4.78 is 32.2. The van der Waals surface area contributed by atoms with E-state index < -0.39 is 28.5 Å². The van der Waals surface area contributed by atoms with Crippen LogP contribution >= 0.6 is 0 Å². The Balaban J connectivity index is 2.46. The molecule has 0 saturated carbocycles. The standard InChI is InChI=1S/C28H41N3O5S/c1-7-9-18-29-28(33)25(8-2)30(19-22-14-16-23(36-5)17-15-22)27(32)20-31(37(6,34)35)26-13-11-10-12-24(26)21(3)4/h10-17,21,25H,7-9,18-20H2,1-6H3,(H,29,33)/t25-/m0/s1. The van der Waals surface area contributed by atoms with E-state index in [1.807, 2.05) is 52.0 Å². The van der Waals surface area contributed by atoms with Gasteiger partial charge in [-0.1, -0.05) is 64.4 Å². The molecule has 0 heterocycles. The maximum Gasteiger partial charge on any atom is 0.244 e. The van der Waals surface area contributed by atoms with Crippen LogP contribution in [0, 0.1) is 0 Å². The number of benzene rings is 2. The van der Waals surface area contributed by atoms with Gasteiger partial charge < -0.3 is 15.0 Å². The van der Waals surface area contributed by atoms with Crippen molar-refractivity contribution in [2.45, 2.75) is 65.5 Å². The lowest BCUT2D eigenvalue weighted by Crippen LogP contribution is -2.52. The van der Waals surface area contributed by atoms with E-state index in [-0.39, 0.29) is 18.4 Å². The number of nitrogens with zero attached hydrogens (tertiary/aromatic N) is 2. The first-order valence-electron chi connectivity index (χ1n) is 12.8. The monoisotopic (exact) mass is 531 g/mol. The molecular formula is C28H41N3O5S. The molecule has 0 saturated heterocycles. The Hall–Kier alpha value is -3.07. The second-order valence-corrected chi connectivity index (χ2v) is 11.3. The van der Waals surface area contributed by atoms with Crippen molar-refractivity contribution in [1.82, 2.24) is 10.2 Å². The number of sulfonamides is 1. The van der Waals surface area contributed by atoms with E-state index in [9.17, 15) is 18.0 Å². The highest BCUT2D eigenvalue weighted by Gasteiger charge is 2.32. The van der Waals surface area contributed by atoms with Crippen LogP contribution in [-0.2, 0) is 26.2 Å². The molecule has 2 rings (SSSR count). The third-order valence-electron chi connectivity index (χ3n) is 6.23. The normalized spacial score (nSPS) is 12.2. The van der Waals surface area contributed by atoms with Gasteiger partial charge in [-0.15, -0.1) is 0 Å². The molecule has 0 aliphatic heterocycles. The van der Waals surface area contributed by atoms with Crippen LogP contribution in [0.3, 0.4) is 0 Å². The third kappa shape index (κ3) is 8.49. The Bertz CT molecular complexity index is 1130. The van der Waals surface area contributed by atoms with Crippen molar-refractivity contribution in [1.29, 1.82) is 0 Å². The van der Waals surface area contributed by atoms with Gasteiger partial charge in [-0.3, -0.25) is 13.9 Å². The number of carbonyl (C=O) groups is 2. The summed E-state index contributed by atoms with van der Waals surface area (Å²) in [5.41, 5.74) is 2.10. The molecule has 8 nitrogen and oxygen atoms in total. The van der Waals surface area contributed by atoms with Crippen LogP contribution < -0.4 is 14.4 Å². The summed E-state index contributed by atoms with van der Waals surface area (Å²) in [5, 5.41) is 2.93. The zero-order chi connectivity index (χ0) is 27.6. The van der Waals surface area contributed by atoms with Gasteiger partial charge in [-0.2, -0.15) is 0 Å². The van der Waals surface area contributed by atoms with Gasteiger partial charge in [0.05, 0.1) is 19.1 Å². The molecular weight excluding hydrogens is 490 g/mol. The van der Waals surface area contributed by atoms with Crippen LogP contribution in [-0.4, -0.2) is 57.6 Å². The maximum absolute atomic E-state index is 13.8. The molecule has 1 atom stereocenters. The van der Waals surface area contributed by atoms with E-state index >= 15 is 0 Å². The predicted molar refractivity (Wildman–Crippen MR) is 148 cm³/mol. The average molecular weight is 532 g/mol. The van der Waals surface area contributed by atoms with E-state index in [1.165, 1.54) is 4.90 Å². The first-order valence-corrected chi connectivity index (χ1v) is 14.6. The number of methoxy groups -OCH3 is 1. The van der Waals surface area contributed by atoms with Crippen LogP contribution in [0.2, 0.25) is 0 Å². The SMILES string of the molecule is CCCCNC(=O)[C@H](CC)N(Cc1ccc(OC)cc1)C(=O)CN(c1ccccc1C(C)C)S(C)(=O)=O. The number of hydrogen-bond donors (Lipinski definition) is 1. The van der Waals surface area contributed by atoms with Crippen LogP contribution in [0.15, 0.2) is 48.5 Å². The summed E-state index contributed by atoms with van der Waals surface area (Å²) in [7, 11) is -2.21. The summed E-state index contributed by atoms with van der Waals surface area (Å²) in [6.07, 6.45) is 3.26. The second kappa shape index (κ2) is 14.0. The molecule has 0 radical (unpaired) electrons. The van der Waals surface area contributed by atoms with E-state index in [0.717, 1.165) is 34.5 Å². The number of hydrogen-bond acceptors (Lipinski definition) is 5. The summed E-state index contributed by atoms with van der Waals surface area (Å²) >= 11 is 0. The maximum atomic E-state index is 13.8. The summed E-state index contributed by atoms with van der Waals surface area (Å²) in [5.74, 6) is 0.0433. The highest BCUT2D eigenvalue weighted by Crippen LogP contribution is 2.29. The summed E-state index contributed by atoms with van der Waals surface area (Å²) in [4.78, 5) is 28.4. The molecule has 0 spiro atoms. The first-order chi connectivity index (χ1) is 17.5. The molecule has 37 heavy (non-hydrogen) atoms. The van der Waals surface area contributed by atoms with Crippen LogP contribution in [0.25, 0.3) is 0 Å². The van der Waals surface area contributed by atoms with Gasteiger partial charge in [0, 0.05) is 13.1 Å². The van der Waals surface area contributed by atoms with E-state index in [1.54, 1.807) is 31.4 Å². The van der Waals surface area contributed by atoms with Crippen LogP contribution in [0.1, 0.15) is 64.0 Å². The van der Waals surface area contributed by atoms with Gasteiger partial charge >= 0.3 is 0 Å². The van der Waals surface area contributed by atoms with Crippen molar-refractivity contribution in [3.05, 3.63) is 59.7 Å². The molecule has 0 aliphatic rings. The minimum absolute atomic E-state index is 0.0543. The molecule has 9 heteroatoms. The number of para-hydroxylation sites is 1. The fourth-order valence-electron chi connectivity index (χ4n) is 4.15. The fraction of sp³-hybridized carbons (Fsp3) is 0.500. The summed E-state index contributed by atoms with van der Waals surface area (Å²) in [6, 6.07) is 13.7. The van der Waals surface area contributed by atoms with Crippen molar-refractivity contribution in [3.8, 4) is 5.75 Å². The molecule has 2 aromatic carbocycles. The highest BCUT2D eigenvalue weighted by atomic mass is 32.2. The summed E-state index contributed by atoms with van der Waals surface area (Å²) in [6.45, 7) is 8.12. The molecule has 1 N–H and O–H groups in total. The molecule has 0 aliphatic carbocycles. The lowest BCUT2D eigenvalue weighted by molar-refractivity contribution is -0.140. The topological polar surface area (TPSA) is 96.0 Å². The molecule has 0 bridgehead atoms. The highest BCUT2D eigenvalue weighted by molar-refractivity contribution is 7.92. The van der Waals surface area contributed by atoms with Crippen molar-refractivity contribution in [2.24, 2.45) is 0 Å². The van der Waals surface area contributed by atoms with Crippen LogP contribution in [0.5, 0.6) is 5.75 Å². The number of ether oxygens (including phenoxy) is 1. The molecule has 0 unspecified atom stereocenters. The molecule has 204 valence electrons. The molecule has 2 amide bonds. The smallest absolute Gasteiger partial charge is 0.244 e. The van der Waals surface area contributed by atoms with E-state index in [2.05, 4.69) is 5.32 Å². The van der Waals surface area contributed by atoms with Gasteiger partial charge in [0.25, 0.3) is 0 Å². The number of nitrogens with one attached hydrogen (secondary N) is 1. The minimum atomic E-state index is -3.79. The molecule has 2 aromatic rings. The zero-order valence-corrected chi connectivity index (χ0v) is 23.7. The van der Waals surface area contributed by atoms with Gasteiger partial charge in [0.15, 0.2) is 0 Å². The number of anilines is 1. The Morgan fingerprint density at radius 1 is 1.03 bits per heavy atom. The quantitative estimate of drug-likeness (QED) is 0.367. The Morgan fingerprint density at radius 3 is 2.22 bits per heavy atom. The van der Waals surface area contributed by atoms with Crippen molar-refractivity contribution in [3.63, 3.8) is 0 Å². The number of unbranched alkanes of at least 4 members (excludes halogenated alkanes) is 1. The lowest BCUT2D eigenvalue weighted by atomic mass is 10.0. The van der Waals surface area contributed by atoms with E-state index in [0.29, 0.717) is 24.4 Å². The Labute approximate surface area is 222 Å². The second-order valence-electron chi connectivity index (χ2n) is 9.42. The minimum Gasteiger partial charge on any atom is -0.497 e. The van der Waals surface area contributed by atoms with Crippen molar-refractivity contribution in [2.75, 3.05) is 30.8 Å². The zero-order valence-electron chi connectivity index (χ0n) is 22.9. The number of rotatable bonds is 14. The van der Waals surface area contributed by atoms with Gasteiger partial charge in [-0.05, 0) is 48.1 Å². The van der Waals surface area contributed by atoms with Crippen molar-refractivity contribution < 1.29 is 22.7 Å². The largest absolute Gasteiger partial charge is 0.497 e. The predicted octanol–water partition coefficient (Wildman–Crippen LogP) is 4.31. The van der Waals surface area contributed by atoms with E-state index in [4.69, 9.17) is 4.74 Å². The van der Waals surface area contributed by atoms with Crippen LogP contribution in [0.4, 0.5) is 5.69 Å².